The number of nitrogens with zero attached hydrogens (tertiary/aromatic N) is 2. The molecule has 3 rings (SSSR count). The predicted octanol–water partition coefficient (Wildman–Crippen LogP) is 3.51. The normalized spacial score (nSPS) is 12.0. The second-order valence-corrected chi connectivity index (χ2v) is 6.83. The maximum atomic E-state index is 12.4. The van der Waals surface area contributed by atoms with Gasteiger partial charge in [0, 0.05) is 24.5 Å². The van der Waals surface area contributed by atoms with Gasteiger partial charge in [-0.3, -0.25) is 9.48 Å². The summed E-state index contributed by atoms with van der Waals surface area (Å²) >= 11 is 1.68. The number of aryl methyl sites for hydroxylation is 2. The molecule has 0 radical (unpaired) electrons. The first-order valence-electron chi connectivity index (χ1n) is 8.05. The smallest absolute Gasteiger partial charge is 0.220 e. The molecule has 1 N–H and O–H groups in total. The van der Waals surface area contributed by atoms with E-state index in [1.807, 2.05) is 43.7 Å². The lowest BCUT2D eigenvalue weighted by Gasteiger charge is -2.18. The highest BCUT2D eigenvalue weighted by atomic mass is 32.1. The topological polar surface area (TPSA) is 46.9 Å². The van der Waals surface area contributed by atoms with E-state index in [2.05, 4.69) is 34.0 Å². The van der Waals surface area contributed by atoms with E-state index < -0.39 is 0 Å². The molecular formula is C19H21N3OS. The Labute approximate surface area is 146 Å². The number of nitrogens with one attached hydrogen (secondary N) is 1. The number of aromatic nitrogens is 2. The summed E-state index contributed by atoms with van der Waals surface area (Å²) in [5.41, 5.74) is 2.31. The number of hydrogen-bond acceptors (Lipinski definition) is 3. The van der Waals surface area contributed by atoms with Crippen molar-refractivity contribution >= 4 is 17.2 Å². The highest BCUT2D eigenvalue weighted by molar-refractivity contribution is 7.10. The van der Waals surface area contributed by atoms with Crippen LogP contribution >= 0.6 is 11.3 Å². The van der Waals surface area contributed by atoms with E-state index in [-0.39, 0.29) is 11.9 Å². The van der Waals surface area contributed by atoms with Crippen LogP contribution in [0.15, 0.2) is 60.2 Å². The second kappa shape index (κ2) is 7.93. The van der Waals surface area contributed by atoms with Gasteiger partial charge in [-0.1, -0.05) is 36.4 Å². The van der Waals surface area contributed by atoms with Gasteiger partial charge in [-0.25, -0.2) is 0 Å². The van der Waals surface area contributed by atoms with Gasteiger partial charge >= 0.3 is 0 Å². The Balaban J connectivity index is 1.62. The number of thiophene rings is 1. The summed E-state index contributed by atoms with van der Waals surface area (Å²) in [5.74, 6) is 0.0770. The minimum absolute atomic E-state index is 0.0220. The third-order valence-electron chi connectivity index (χ3n) is 3.90. The number of amides is 1. The third kappa shape index (κ3) is 4.55. The molecule has 0 aliphatic carbocycles. The first-order valence-corrected chi connectivity index (χ1v) is 8.93. The summed E-state index contributed by atoms with van der Waals surface area (Å²) in [6, 6.07) is 14.4. The SMILES string of the molecule is Cn1cc(CCC(=O)NC(Cc2ccccc2)c2cccs2)cn1. The molecule has 4 nitrogen and oxygen atoms in total. The molecule has 1 unspecified atom stereocenters. The van der Waals surface area contributed by atoms with Gasteiger partial charge in [0.2, 0.25) is 5.91 Å². The molecule has 0 aliphatic heterocycles. The van der Waals surface area contributed by atoms with Crippen LogP contribution in [-0.2, 0) is 24.7 Å². The average molecular weight is 339 g/mol. The lowest BCUT2D eigenvalue weighted by Crippen LogP contribution is -2.29. The molecule has 0 saturated carbocycles. The van der Waals surface area contributed by atoms with Crippen LogP contribution in [0.1, 0.15) is 28.5 Å². The number of hydrogen-bond donors (Lipinski definition) is 1. The Kier molecular flexibility index (Phi) is 5.43. The third-order valence-corrected chi connectivity index (χ3v) is 4.89. The zero-order valence-corrected chi connectivity index (χ0v) is 14.5. The Morgan fingerprint density at radius 2 is 2.04 bits per heavy atom. The fourth-order valence-corrected chi connectivity index (χ4v) is 3.47. The molecule has 1 amide bonds. The van der Waals surface area contributed by atoms with Gasteiger partial charge in [0.25, 0.3) is 0 Å². The van der Waals surface area contributed by atoms with Crippen molar-refractivity contribution in [1.29, 1.82) is 0 Å². The van der Waals surface area contributed by atoms with Crippen LogP contribution in [0.25, 0.3) is 0 Å². The van der Waals surface area contributed by atoms with Crippen LogP contribution in [0.3, 0.4) is 0 Å². The molecule has 0 spiro atoms. The van der Waals surface area contributed by atoms with Crippen LogP contribution in [0.2, 0.25) is 0 Å². The molecule has 5 heteroatoms. The van der Waals surface area contributed by atoms with E-state index in [1.165, 1.54) is 10.4 Å². The maximum Gasteiger partial charge on any atom is 0.220 e. The number of rotatable bonds is 7. The Morgan fingerprint density at radius 3 is 2.71 bits per heavy atom. The van der Waals surface area contributed by atoms with E-state index in [0.29, 0.717) is 12.8 Å². The summed E-state index contributed by atoms with van der Waals surface area (Å²) < 4.78 is 1.76. The van der Waals surface area contributed by atoms with Crippen molar-refractivity contribution in [2.45, 2.75) is 25.3 Å². The molecule has 0 bridgehead atoms. The second-order valence-electron chi connectivity index (χ2n) is 5.85. The minimum Gasteiger partial charge on any atom is -0.348 e. The zero-order chi connectivity index (χ0) is 16.8. The molecule has 2 heterocycles. The fraction of sp³-hybridized carbons (Fsp3) is 0.263. The summed E-state index contributed by atoms with van der Waals surface area (Å²) in [6.45, 7) is 0. The Hall–Kier alpha value is -2.40. The van der Waals surface area contributed by atoms with E-state index in [0.717, 1.165) is 12.0 Å². The summed E-state index contributed by atoms with van der Waals surface area (Å²) in [7, 11) is 1.89. The lowest BCUT2D eigenvalue weighted by atomic mass is 10.0. The Bertz CT molecular complexity index is 765. The molecule has 24 heavy (non-hydrogen) atoms. The quantitative estimate of drug-likeness (QED) is 0.716. The molecule has 0 fully saturated rings. The van der Waals surface area contributed by atoms with Gasteiger partial charge < -0.3 is 5.32 Å². The van der Waals surface area contributed by atoms with E-state index in [9.17, 15) is 4.79 Å². The fourth-order valence-electron chi connectivity index (χ4n) is 2.69. The number of carbonyl (C=O) groups excluding carboxylic acids is 1. The first kappa shape index (κ1) is 16.5. The van der Waals surface area contributed by atoms with Gasteiger partial charge in [0.15, 0.2) is 0 Å². The molecule has 3 aromatic rings. The predicted molar refractivity (Wildman–Crippen MR) is 96.9 cm³/mol. The molecule has 0 aliphatic rings. The lowest BCUT2D eigenvalue weighted by molar-refractivity contribution is -0.121. The summed E-state index contributed by atoms with van der Waals surface area (Å²) in [6.07, 6.45) is 5.76. The minimum atomic E-state index is 0.0220. The largest absolute Gasteiger partial charge is 0.348 e. The molecule has 1 aromatic carbocycles. The van der Waals surface area contributed by atoms with Crippen LogP contribution < -0.4 is 5.32 Å². The summed E-state index contributed by atoms with van der Waals surface area (Å²) in [5, 5.41) is 9.38. The molecule has 0 saturated heterocycles. The van der Waals surface area contributed by atoms with E-state index >= 15 is 0 Å². The van der Waals surface area contributed by atoms with Crippen molar-refractivity contribution < 1.29 is 4.79 Å². The van der Waals surface area contributed by atoms with Crippen molar-refractivity contribution in [1.82, 2.24) is 15.1 Å². The van der Waals surface area contributed by atoms with Crippen molar-refractivity contribution in [2.75, 3.05) is 0 Å². The van der Waals surface area contributed by atoms with Crippen LogP contribution in [0.4, 0.5) is 0 Å². The van der Waals surface area contributed by atoms with Gasteiger partial charge in [-0.05, 0) is 35.4 Å². The monoisotopic (exact) mass is 339 g/mol. The molecule has 2 aromatic heterocycles. The maximum absolute atomic E-state index is 12.4. The van der Waals surface area contributed by atoms with Gasteiger partial charge in [-0.2, -0.15) is 5.10 Å². The molecule has 124 valence electrons. The standard InChI is InChI=1S/C19H21N3OS/c1-22-14-16(13-20-22)9-10-19(23)21-17(18-8-5-11-24-18)12-15-6-3-2-4-7-15/h2-8,11,13-14,17H,9-10,12H2,1H3,(H,21,23). The van der Waals surface area contributed by atoms with Crippen LogP contribution in [0, 0.1) is 0 Å². The van der Waals surface area contributed by atoms with Crippen molar-refractivity contribution in [3.8, 4) is 0 Å². The van der Waals surface area contributed by atoms with E-state index in [1.54, 1.807) is 16.0 Å². The highest BCUT2D eigenvalue weighted by Crippen LogP contribution is 2.23. The van der Waals surface area contributed by atoms with Crippen LogP contribution in [0.5, 0.6) is 0 Å². The van der Waals surface area contributed by atoms with Crippen LogP contribution in [-0.4, -0.2) is 15.7 Å². The zero-order valence-electron chi connectivity index (χ0n) is 13.7. The highest BCUT2D eigenvalue weighted by Gasteiger charge is 2.16. The van der Waals surface area contributed by atoms with Crippen molar-refractivity contribution in [3.05, 3.63) is 76.2 Å². The van der Waals surface area contributed by atoms with Gasteiger partial charge in [0.1, 0.15) is 0 Å². The van der Waals surface area contributed by atoms with E-state index in [4.69, 9.17) is 0 Å². The Morgan fingerprint density at radius 1 is 1.21 bits per heavy atom. The number of benzene rings is 1. The summed E-state index contributed by atoms with van der Waals surface area (Å²) in [4.78, 5) is 13.6. The van der Waals surface area contributed by atoms with Crippen molar-refractivity contribution in [3.63, 3.8) is 0 Å². The number of carbonyl (C=O) groups is 1. The average Bonchev–Trinajstić information content (AvgIpc) is 3.25. The van der Waals surface area contributed by atoms with Gasteiger partial charge in [-0.15, -0.1) is 11.3 Å². The first-order chi connectivity index (χ1) is 11.7. The molecular weight excluding hydrogens is 318 g/mol. The van der Waals surface area contributed by atoms with Gasteiger partial charge in [0.05, 0.1) is 12.2 Å². The molecule has 1 atom stereocenters. The van der Waals surface area contributed by atoms with Crippen molar-refractivity contribution in [2.24, 2.45) is 7.05 Å².